The van der Waals surface area contributed by atoms with Crippen LogP contribution in [-0.2, 0) is 11.3 Å². The largest absolute Gasteiger partial charge is 0.390 e. The molecule has 1 saturated heterocycles. The van der Waals surface area contributed by atoms with Crippen LogP contribution in [0.1, 0.15) is 19.5 Å². The van der Waals surface area contributed by atoms with Crippen LogP contribution in [0, 0.1) is 0 Å². The number of anilines is 1. The Morgan fingerprint density at radius 2 is 2.13 bits per heavy atom. The van der Waals surface area contributed by atoms with Crippen molar-refractivity contribution in [2.45, 2.75) is 32.7 Å². The lowest BCUT2D eigenvalue weighted by molar-refractivity contribution is -0.00511. The first-order chi connectivity index (χ1) is 7.20. The molecule has 15 heavy (non-hydrogen) atoms. The third-order valence-electron chi connectivity index (χ3n) is 2.39. The van der Waals surface area contributed by atoms with Crippen LogP contribution in [0.15, 0.2) is 0 Å². The Bertz CT molecular complexity index is 321. The Labute approximate surface area is 92.8 Å². The molecule has 2 rings (SSSR count). The number of rotatable bonds is 2. The Hall–Kier alpha value is -0.720. The number of nitrogens with zero attached hydrogens (tertiary/aromatic N) is 3. The molecule has 0 radical (unpaired) electrons. The molecular formula is C9H15N3O2S. The van der Waals surface area contributed by atoms with Gasteiger partial charge in [-0.25, -0.2) is 0 Å². The van der Waals surface area contributed by atoms with Crippen LogP contribution in [-0.4, -0.2) is 40.0 Å². The van der Waals surface area contributed by atoms with E-state index >= 15 is 0 Å². The van der Waals surface area contributed by atoms with Gasteiger partial charge in [-0.05, 0) is 13.8 Å². The zero-order valence-electron chi connectivity index (χ0n) is 8.88. The summed E-state index contributed by atoms with van der Waals surface area (Å²) in [5.41, 5.74) is 0.668. The van der Waals surface area contributed by atoms with Gasteiger partial charge in [-0.3, -0.25) is 0 Å². The molecular weight excluding hydrogens is 214 g/mol. The van der Waals surface area contributed by atoms with Gasteiger partial charge in [-0.1, -0.05) is 4.49 Å². The van der Waals surface area contributed by atoms with Crippen molar-refractivity contribution in [2.24, 2.45) is 0 Å². The van der Waals surface area contributed by atoms with Crippen molar-refractivity contribution in [3.05, 3.63) is 5.69 Å². The summed E-state index contributed by atoms with van der Waals surface area (Å²) in [6, 6.07) is 0. The third kappa shape index (κ3) is 2.27. The summed E-state index contributed by atoms with van der Waals surface area (Å²) in [5.74, 6) is 0. The highest BCUT2D eigenvalue weighted by atomic mass is 32.1. The van der Waals surface area contributed by atoms with Crippen molar-refractivity contribution in [3.63, 3.8) is 0 Å². The molecule has 0 bridgehead atoms. The fourth-order valence-corrected chi connectivity index (χ4v) is 2.58. The second kappa shape index (κ2) is 4.42. The molecule has 1 aliphatic heterocycles. The fraction of sp³-hybridized carbons (Fsp3) is 0.778. The molecule has 0 aliphatic carbocycles. The molecule has 0 amide bonds. The maximum atomic E-state index is 9.12. The monoisotopic (exact) mass is 229 g/mol. The van der Waals surface area contributed by atoms with E-state index in [1.54, 1.807) is 0 Å². The maximum absolute atomic E-state index is 9.12. The fourth-order valence-electron chi connectivity index (χ4n) is 1.89. The molecule has 0 spiro atoms. The summed E-state index contributed by atoms with van der Waals surface area (Å²) in [6.07, 6.45) is 0.421. The Morgan fingerprint density at radius 3 is 2.73 bits per heavy atom. The number of hydrogen-bond acceptors (Lipinski definition) is 6. The topological polar surface area (TPSA) is 58.5 Å². The summed E-state index contributed by atoms with van der Waals surface area (Å²) in [6.45, 7) is 5.72. The molecule has 1 N–H and O–H groups in total. The van der Waals surface area contributed by atoms with Crippen LogP contribution in [0.2, 0.25) is 0 Å². The van der Waals surface area contributed by atoms with E-state index in [2.05, 4.69) is 28.3 Å². The average Bonchev–Trinajstić information content (AvgIpc) is 2.63. The van der Waals surface area contributed by atoms with Crippen molar-refractivity contribution in [3.8, 4) is 0 Å². The minimum Gasteiger partial charge on any atom is -0.390 e. The van der Waals surface area contributed by atoms with Crippen LogP contribution < -0.4 is 4.90 Å². The van der Waals surface area contributed by atoms with E-state index in [4.69, 9.17) is 9.84 Å². The predicted molar refractivity (Wildman–Crippen MR) is 58.1 cm³/mol. The molecule has 1 fully saturated rings. The molecule has 5 nitrogen and oxygen atoms in total. The summed E-state index contributed by atoms with van der Waals surface area (Å²) in [7, 11) is 0. The lowest BCUT2D eigenvalue weighted by Crippen LogP contribution is -2.45. The lowest BCUT2D eigenvalue weighted by atomic mass is 10.2. The highest BCUT2D eigenvalue weighted by molar-refractivity contribution is 7.10. The van der Waals surface area contributed by atoms with E-state index in [0.717, 1.165) is 18.1 Å². The smallest absolute Gasteiger partial charge is 0.138 e. The van der Waals surface area contributed by atoms with Gasteiger partial charge in [0.2, 0.25) is 0 Å². The Balaban J connectivity index is 2.16. The first kappa shape index (κ1) is 10.8. The van der Waals surface area contributed by atoms with E-state index < -0.39 is 0 Å². The molecule has 6 heteroatoms. The van der Waals surface area contributed by atoms with E-state index in [1.165, 1.54) is 11.5 Å². The van der Waals surface area contributed by atoms with Gasteiger partial charge in [0, 0.05) is 24.6 Å². The van der Waals surface area contributed by atoms with Crippen LogP contribution in [0.4, 0.5) is 5.00 Å². The third-order valence-corrected chi connectivity index (χ3v) is 3.22. The summed E-state index contributed by atoms with van der Waals surface area (Å²) < 4.78 is 9.51. The van der Waals surface area contributed by atoms with E-state index in [1.807, 2.05) is 0 Å². The molecule has 0 unspecified atom stereocenters. The lowest BCUT2D eigenvalue weighted by Gasteiger charge is -2.35. The minimum absolute atomic E-state index is 0.0497. The molecule has 1 aromatic heterocycles. The van der Waals surface area contributed by atoms with Crippen molar-refractivity contribution in [2.75, 3.05) is 18.0 Å². The maximum Gasteiger partial charge on any atom is 0.138 e. The van der Waals surface area contributed by atoms with Crippen molar-refractivity contribution < 1.29 is 9.84 Å². The van der Waals surface area contributed by atoms with Gasteiger partial charge in [0.05, 0.1) is 18.8 Å². The number of ether oxygens (including phenoxy) is 1. The van der Waals surface area contributed by atoms with Gasteiger partial charge in [0.25, 0.3) is 0 Å². The predicted octanol–water partition coefficient (Wildman–Crippen LogP) is 0.644. The molecule has 0 aromatic carbocycles. The SMILES string of the molecule is C[C@@H]1CN(c2snnc2CO)C[C@@H](C)O1. The van der Waals surface area contributed by atoms with Gasteiger partial charge in [-0.15, -0.1) is 5.10 Å². The summed E-state index contributed by atoms with van der Waals surface area (Å²) in [4.78, 5) is 2.19. The average molecular weight is 229 g/mol. The van der Waals surface area contributed by atoms with Gasteiger partial charge >= 0.3 is 0 Å². The summed E-state index contributed by atoms with van der Waals surface area (Å²) in [5, 5.41) is 14.0. The van der Waals surface area contributed by atoms with Crippen molar-refractivity contribution in [1.29, 1.82) is 0 Å². The zero-order chi connectivity index (χ0) is 10.8. The number of hydrogen-bond donors (Lipinski definition) is 1. The van der Waals surface area contributed by atoms with E-state index in [-0.39, 0.29) is 18.8 Å². The van der Waals surface area contributed by atoms with Gasteiger partial charge < -0.3 is 14.7 Å². The highest BCUT2D eigenvalue weighted by Gasteiger charge is 2.25. The molecule has 1 aromatic rings. The highest BCUT2D eigenvalue weighted by Crippen LogP contribution is 2.26. The molecule has 84 valence electrons. The second-order valence-electron chi connectivity index (χ2n) is 3.85. The number of morpholine rings is 1. The molecule has 0 saturated carbocycles. The minimum atomic E-state index is -0.0497. The molecule has 1 aliphatic rings. The number of aliphatic hydroxyl groups excluding tert-OH is 1. The van der Waals surface area contributed by atoms with E-state index in [9.17, 15) is 0 Å². The van der Waals surface area contributed by atoms with Gasteiger partial charge in [-0.2, -0.15) is 0 Å². The van der Waals surface area contributed by atoms with Crippen LogP contribution in [0.5, 0.6) is 0 Å². The van der Waals surface area contributed by atoms with Crippen molar-refractivity contribution in [1.82, 2.24) is 9.59 Å². The Morgan fingerprint density at radius 1 is 1.47 bits per heavy atom. The van der Waals surface area contributed by atoms with Crippen molar-refractivity contribution >= 4 is 16.5 Å². The van der Waals surface area contributed by atoms with Crippen LogP contribution in [0.3, 0.4) is 0 Å². The van der Waals surface area contributed by atoms with Gasteiger partial charge in [0.15, 0.2) is 0 Å². The molecule has 2 heterocycles. The number of aromatic nitrogens is 2. The quantitative estimate of drug-likeness (QED) is 0.806. The Kier molecular flexibility index (Phi) is 3.18. The second-order valence-corrected chi connectivity index (χ2v) is 4.58. The first-order valence-corrected chi connectivity index (χ1v) is 5.80. The standard InChI is InChI=1S/C9H15N3O2S/c1-6-3-12(4-7(2)14-6)9-8(5-13)10-11-15-9/h6-7,13H,3-5H2,1-2H3/t6-,7-/m1/s1. The van der Waals surface area contributed by atoms with Crippen LogP contribution >= 0.6 is 11.5 Å². The molecule has 2 atom stereocenters. The number of aliphatic hydroxyl groups is 1. The van der Waals surface area contributed by atoms with Crippen LogP contribution in [0.25, 0.3) is 0 Å². The van der Waals surface area contributed by atoms with Gasteiger partial charge in [0.1, 0.15) is 10.7 Å². The normalized spacial score (nSPS) is 27.0. The first-order valence-electron chi connectivity index (χ1n) is 5.03. The zero-order valence-corrected chi connectivity index (χ0v) is 9.70. The summed E-state index contributed by atoms with van der Waals surface area (Å²) >= 11 is 1.33. The van der Waals surface area contributed by atoms with E-state index in [0.29, 0.717) is 5.69 Å².